The Hall–Kier alpha value is -1.51. The van der Waals surface area contributed by atoms with Crippen LogP contribution in [0.15, 0.2) is 6.20 Å². The molecule has 116 valence electrons. The number of nitrogens with one attached hydrogen (secondary N) is 2. The van der Waals surface area contributed by atoms with E-state index in [0.717, 1.165) is 11.4 Å². The lowest BCUT2D eigenvalue weighted by Gasteiger charge is -2.32. The van der Waals surface area contributed by atoms with E-state index in [2.05, 4.69) is 15.6 Å². The Kier molecular flexibility index (Phi) is 5.66. The molecule has 7 nitrogen and oxygen atoms in total. The smallest absolute Gasteiger partial charge is 0.249 e. The number of carbonyl (C=O) groups excluding carboxylic acids is 2. The second kappa shape index (κ2) is 7.48. The maximum Gasteiger partial charge on any atom is 0.249 e. The molecule has 2 N–H and O–H groups in total. The SMILES string of the molecule is CCC1C(=O)NC(=O)CN1c1ncc(CNCCOC)s1. The summed E-state index contributed by atoms with van der Waals surface area (Å²) in [6.07, 6.45) is 2.42. The first-order valence-corrected chi connectivity index (χ1v) is 7.72. The van der Waals surface area contributed by atoms with Crippen LogP contribution in [0.1, 0.15) is 18.2 Å². The third-order valence-electron chi connectivity index (χ3n) is 3.21. The van der Waals surface area contributed by atoms with Crippen molar-refractivity contribution in [3.8, 4) is 0 Å². The molecule has 0 radical (unpaired) electrons. The topological polar surface area (TPSA) is 83.6 Å². The van der Waals surface area contributed by atoms with E-state index < -0.39 is 0 Å². The molecule has 8 heteroatoms. The molecular formula is C13H20N4O3S. The summed E-state index contributed by atoms with van der Waals surface area (Å²) in [5.41, 5.74) is 0. The zero-order chi connectivity index (χ0) is 15.2. The maximum absolute atomic E-state index is 11.8. The van der Waals surface area contributed by atoms with Gasteiger partial charge in [0, 0.05) is 31.3 Å². The molecule has 2 rings (SSSR count). The Morgan fingerprint density at radius 2 is 2.38 bits per heavy atom. The van der Waals surface area contributed by atoms with Gasteiger partial charge in [0.25, 0.3) is 0 Å². The number of anilines is 1. The Bertz CT molecular complexity index is 505. The van der Waals surface area contributed by atoms with E-state index in [9.17, 15) is 9.59 Å². The van der Waals surface area contributed by atoms with Crippen LogP contribution in [-0.2, 0) is 20.9 Å². The molecule has 1 aromatic rings. The third kappa shape index (κ3) is 3.99. The molecule has 1 unspecified atom stereocenters. The molecule has 2 heterocycles. The van der Waals surface area contributed by atoms with Gasteiger partial charge in [-0.05, 0) is 6.42 Å². The van der Waals surface area contributed by atoms with Gasteiger partial charge >= 0.3 is 0 Å². The number of rotatable bonds is 7. The number of piperazine rings is 1. The second-order valence-corrected chi connectivity index (χ2v) is 5.84. The molecule has 1 fully saturated rings. The Balaban J connectivity index is 2.01. The summed E-state index contributed by atoms with van der Waals surface area (Å²) in [6, 6.07) is -0.330. The first-order chi connectivity index (χ1) is 10.2. The quantitative estimate of drug-likeness (QED) is 0.550. The molecule has 0 aliphatic carbocycles. The van der Waals surface area contributed by atoms with E-state index in [1.54, 1.807) is 18.2 Å². The molecular weight excluding hydrogens is 292 g/mol. The van der Waals surface area contributed by atoms with Crippen molar-refractivity contribution in [3.05, 3.63) is 11.1 Å². The molecule has 1 atom stereocenters. The Morgan fingerprint density at radius 3 is 3.10 bits per heavy atom. The van der Waals surface area contributed by atoms with Crippen LogP contribution in [0.4, 0.5) is 5.13 Å². The predicted octanol–water partition coefficient (Wildman–Crippen LogP) is 0.121. The average Bonchev–Trinajstić information content (AvgIpc) is 2.91. The normalized spacial score (nSPS) is 19.0. The van der Waals surface area contributed by atoms with Crippen LogP contribution in [0.25, 0.3) is 0 Å². The molecule has 0 aromatic carbocycles. The van der Waals surface area contributed by atoms with Gasteiger partial charge in [-0.1, -0.05) is 6.92 Å². The lowest BCUT2D eigenvalue weighted by atomic mass is 10.1. The monoisotopic (exact) mass is 312 g/mol. The summed E-state index contributed by atoms with van der Waals surface area (Å²) in [5, 5.41) is 6.32. The van der Waals surface area contributed by atoms with E-state index in [1.165, 1.54) is 11.3 Å². The molecule has 2 amide bonds. The second-order valence-electron chi connectivity index (χ2n) is 4.74. The summed E-state index contributed by atoms with van der Waals surface area (Å²) in [7, 11) is 1.66. The van der Waals surface area contributed by atoms with Crippen molar-refractivity contribution in [1.82, 2.24) is 15.6 Å². The number of ether oxygens (including phenoxy) is 1. The summed E-state index contributed by atoms with van der Waals surface area (Å²) in [6.45, 7) is 4.23. The molecule has 1 aliphatic heterocycles. The van der Waals surface area contributed by atoms with E-state index >= 15 is 0 Å². The Morgan fingerprint density at radius 1 is 1.57 bits per heavy atom. The van der Waals surface area contributed by atoms with Crippen LogP contribution >= 0.6 is 11.3 Å². The van der Waals surface area contributed by atoms with E-state index in [1.807, 2.05) is 6.92 Å². The number of thiazole rings is 1. The number of imide groups is 1. The van der Waals surface area contributed by atoms with Crippen molar-refractivity contribution < 1.29 is 14.3 Å². The summed E-state index contributed by atoms with van der Waals surface area (Å²) < 4.78 is 4.97. The van der Waals surface area contributed by atoms with Gasteiger partial charge in [0.2, 0.25) is 11.8 Å². The fourth-order valence-electron chi connectivity index (χ4n) is 2.17. The summed E-state index contributed by atoms with van der Waals surface area (Å²) in [5.74, 6) is -0.525. The van der Waals surface area contributed by atoms with Crippen LogP contribution < -0.4 is 15.5 Å². The zero-order valence-corrected chi connectivity index (χ0v) is 13.0. The van der Waals surface area contributed by atoms with Crippen molar-refractivity contribution in [3.63, 3.8) is 0 Å². The number of aromatic nitrogens is 1. The van der Waals surface area contributed by atoms with Gasteiger partial charge in [-0.15, -0.1) is 11.3 Å². The zero-order valence-electron chi connectivity index (χ0n) is 12.2. The van der Waals surface area contributed by atoms with E-state index in [0.29, 0.717) is 24.7 Å². The number of carbonyl (C=O) groups is 2. The standard InChI is InChI=1S/C13H20N4O3S/c1-3-10-12(19)16-11(18)8-17(10)13-15-7-9(21-13)6-14-4-5-20-2/h7,10,14H,3-6,8H2,1-2H3,(H,16,18,19). The number of nitrogens with zero attached hydrogens (tertiary/aromatic N) is 2. The van der Waals surface area contributed by atoms with Gasteiger partial charge in [-0.2, -0.15) is 0 Å². The molecule has 1 saturated heterocycles. The highest BCUT2D eigenvalue weighted by Gasteiger charge is 2.33. The predicted molar refractivity (Wildman–Crippen MR) is 80.3 cm³/mol. The number of hydrogen-bond donors (Lipinski definition) is 2. The fraction of sp³-hybridized carbons (Fsp3) is 0.615. The highest BCUT2D eigenvalue weighted by atomic mass is 32.1. The van der Waals surface area contributed by atoms with Crippen LogP contribution in [0.3, 0.4) is 0 Å². The number of amides is 2. The van der Waals surface area contributed by atoms with Gasteiger partial charge in [-0.3, -0.25) is 14.9 Å². The average molecular weight is 312 g/mol. The van der Waals surface area contributed by atoms with Crippen molar-refractivity contribution in [2.45, 2.75) is 25.9 Å². The van der Waals surface area contributed by atoms with E-state index in [-0.39, 0.29) is 24.4 Å². The lowest BCUT2D eigenvalue weighted by molar-refractivity contribution is -0.132. The van der Waals surface area contributed by atoms with Crippen LogP contribution in [0, 0.1) is 0 Å². The van der Waals surface area contributed by atoms with Gasteiger partial charge in [0.05, 0.1) is 6.61 Å². The highest BCUT2D eigenvalue weighted by Crippen LogP contribution is 2.26. The van der Waals surface area contributed by atoms with E-state index in [4.69, 9.17) is 4.74 Å². The molecule has 21 heavy (non-hydrogen) atoms. The summed E-state index contributed by atoms with van der Waals surface area (Å²) in [4.78, 5) is 30.6. The minimum absolute atomic E-state index is 0.175. The van der Waals surface area contributed by atoms with Crippen molar-refractivity contribution in [1.29, 1.82) is 0 Å². The van der Waals surface area contributed by atoms with Crippen molar-refractivity contribution in [2.75, 3.05) is 31.7 Å². The molecule has 1 aromatic heterocycles. The van der Waals surface area contributed by atoms with Crippen LogP contribution in [-0.4, -0.2) is 49.6 Å². The lowest BCUT2D eigenvalue weighted by Crippen LogP contribution is -2.58. The highest BCUT2D eigenvalue weighted by molar-refractivity contribution is 7.15. The summed E-state index contributed by atoms with van der Waals surface area (Å²) >= 11 is 1.50. The van der Waals surface area contributed by atoms with Crippen LogP contribution in [0.2, 0.25) is 0 Å². The van der Waals surface area contributed by atoms with Gasteiger partial charge < -0.3 is 15.0 Å². The largest absolute Gasteiger partial charge is 0.383 e. The van der Waals surface area contributed by atoms with Gasteiger partial charge in [0.15, 0.2) is 5.13 Å². The Labute approximate surface area is 127 Å². The fourth-order valence-corrected chi connectivity index (χ4v) is 3.10. The molecule has 0 bridgehead atoms. The number of methoxy groups -OCH3 is 1. The van der Waals surface area contributed by atoms with Crippen LogP contribution in [0.5, 0.6) is 0 Å². The van der Waals surface area contributed by atoms with Gasteiger partial charge in [0.1, 0.15) is 12.6 Å². The van der Waals surface area contributed by atoms with Crippen molar-refractivity contribution in [2.24, 2.45) is 0 Å². The number of hydrogen-bond acceptors (Lipinski definition) is 7. The molecule has 0 spiro atoms. The first kappa shape index (κ1) is 15.9. The van der Waals surface area contributed by atoms with Gasteiger partial charge in [-0.25, -0.2) is 4.98 Å². The maximum atomic E-state index is 11.8. The molecule has 1 aliphatic rings. The molecule has 0 saturated carbocycles. The van der Waals surface area contributed by atoms with Crippen molar-refractivity contribution >= 4 is 28.3 Å². The third-order valence-corrected chi connectivity index (χ3v) is 4.25. The minimum Gasteiger partial charge on any atom is -0.383 e. The first-order valence-electron chi connectivity index (χ1n) is 6.90. The minimum atomic E-state index is -0.330.